The summed E-state index contributed by atoms with van der Waals surface area (Å²) in [7, 11) is 1.75. The summed E-state index contributed by atoms with van der Waals surface area (Å²) < 4.78 is 1.57. The maximum absolute atomic E-state index is 12.8. The fourth-order valence-electron chi connectivity index (χ4n) is 3.05. The Morgan fingerprint density at radius 2 is 1.73 bits per heavy atom. The summed E-state index contributed by atoms with van der Waals surface area (Å²) in [5, 5.41) is 6.90. The van der Waals surface area contributed by atoms with E-state index >= 15 is 0 Å². The van der Waals surface area contributed by atoms with Gasteiger partial charge in [0.1, 0.15) is 6.54 Å². The van der Waals surface area contributed by atoms with Crippen molar-refractivity contribution in [2.45, 2.75) is 6.54 Å². The lowest BCUT2D eigenvalue weighted by Gasteiger charge is -2.19. The second kappa shape index (κ2) is 6.44. The molecule has 1 aromatic heterocycles. The van der Waals surface area contributed by atoms with Crippen molar-refractivity contribution < 1.29 is 4.79 Å². The third-order valence-corrected chi connectivity index (χ3v) is 4.54. The molecule has 0 aliphatic rings. The molecule has 0 saturated heterocycles. The van der Waals surface area contributed by atoms with Crippen LogP contribution in [0.1, 0.15) is 0 Å². The van der Waals surface area contributed by atoms with Crippen LogP contribution in [-0.2, 0) is 11.3 Å². The molecule has 1 amide bonds. The summed E-state index contributed by atoms with van der Waals surface area (Å²) in [5.41, 5.74) is 1.33. The summed E-state index contributed by atoms with van der Waals surface area (Å²) in [5.74, 6) is -0.110. The predicted molar refractivity (Wildman–Crippen MR) is 103 cm³/mol. The van der Waals surface area contributed by atoms with Crippen LogP contribution in [0.3, 0.4) is 0 Å². The van der Waals surface area contributed by atoms with Crippen molar-refractivity contribution in [3.05, 3.63) is 83.2 Å². The van der Waals surface area contributed by atoms with E-state index in [0.29, 0.717) is 10.9 Å². The normalized spacial score (nSPS) is 11.0. The van der Waals surface area contributed by atoms with Crippen LogP contribution in [0.4, 0.5) is 5.69 Å². The first kappa shape index (κ1) is 16.0. The quantitative estimate of drug-likeness (QED) is 0.574. The van der Waals surface area contributed by atoms with Gasteiger partial charge in [0.2, 0.25) is 11.3 Å². The van der Waals surface area contributed by atoms with Crippen molar-refractivity contribution >= 4 is 33.3 Å². The van der Waals surface area contributed by atoms with Gasteiger partial charge in [-0.3, -0.25) is 14.3 Å². The Morgan fingerprint density at radius 1 is 1.00 bits per heavy atom. The molecule has 4 rings (SSSR count). The van der Waals surface area contributed by atoms with Crippen molar-refractivity contribution in [2.24, 2.45) is 0 Å². The minimum absolute atomic E-state index is 0.0596. The maximum atomic E-state index is 12.8. The highest BCUT2D eigenvalue weighted by atomic mass is 16.2. The zero-order valence-electron chi connectivity index (χ0n) is 14.3. The highest BCUT2D eigenvalue weighted by Crippen LogP contribution is 2.21. The minimum Gasteiger partial charge on any atom is -0.314 e. The molecule has 0 unspecified atom stereocenters. The van der Waals surface area contributed by atoms with Crippen molar-refractivity contribution in [3.8, 4) is 0 Å². The van der Waals surface area contributed by atoms with Gasteiger partial charge >= 0.3 is 0 Å². The van der Waals surface area contributed by atoms with Gasteiger partial charge in [0.15, 0.2) is 0 Å². The molecule has 4 aromatic rings. The number of hydrogen-bond acceptors (Lipinski definition) is 3. The van der Waals surface area contributed by atoms with Crippen LogP contribution in [0.5, 0.6) is 0 Å². The van der Waals surface area contributed by atoms with E-state index in [4.69, 9.17) is 0 Å². The van der Waals surface area contributed by atoms with E-state index in [1.165, 1.54) is 6.20 Å². The predicted octanol–water partition coefficient (Wildman–Crippen LogP) is 3.21. The number of carbonyl (C=O) groups excluding carboxylic acids is 1. The lowest BCUT2D eigenvalue weighted by Crippen LogP contribution is -2.31. The zero-order valence-corrected chi connectivity index (χ0v) is 14.3. The minimum atomic E-state index is -0.146. The van der Waals surface area contributed by atoms with Gasteiger partial charge in [-0.25, -0.2) is 0 Å². The van der Waals surface area contributed by atoms with Crippen LogP contribution in [-0.4, -0.2) is 22.7 Å². The average Bonchev–Trinajstić information content (AvgIpc) is 2.69. The molecule has 0 atom stereocenters. The van der Waals surface area contributed by atoms with Gasteiger partial charge in [0, 0.05) is 18.1 Å². The summed E-state index contributed by atoms with van der Waals surface area (Å²) >= 11 is 0. The molecular formula is C21H17N3O2. The van der Waals surface area contributed by atoms with Crippen LogP contribution in [0.25, 0.3) is 21.7 Å². The van der Waals surface area contributed by atoms with E-state index in [-0.39, 0.29) is 17.9 Å². The van der Waals surface area contributed by atoms with Crippen molar-refractivity contribution in [1.29, 1.82) is 0 Å². The Labute approximate surface area is 150 Å². The van der Waals surface area contributed by atoms with Crippen LogP contribution in [0, 0.1) is 0 Å². The van der Waals surface area contributed by atoms with Crippen molar-refractivity contribution in [2.75, 3.05) is 11.9 Å². The third-order valence-electron chi connectivity index (χ3n) is 4.54. The third kappa shape index (κ3) is 2.84. The molecule has 0 aliphatic carbocycles. The summed E-state index contributed by atoms with van der Waals surface area (Å²) in [6.07, 6.45) is 1.26. The first-order valence-corrected chi connectivity index (χ1v) is 8.34. The van der Waals surface area contributed by atoms with Gasteiger partial charge in [-0.05, 0) is 35.0 Å². The average molecular weight is 343 g/mol. The molecule has 0 N–H and O–H groups in total. The van der Waals surface area contributed by atoms with Gasteiger partial charge < -0.3 is 4.90 Å². The summed E-state index contributed by atoms with van der Waals surface area (Å²) in [6.45, 7) is 0.0596. The molecule has 5 nitrogen and oxygen atoms in total. The van der Waals surface area contributed by atoms with Gasteiger partial charge in [0.05, 0.1) is 11.7 Å². The Hall–Kier alpha value is -3.47. The van der Waals surface area contributed by atoms with Crippen LogP contribution in [0.15, 0.2) is 77.7 Å². The number of aromatic nitrogens is 2. The van der Waals surface area contributed by atoms with Crippen molar-refractivity contribution in [1.82, 2.24) is 9.78 Å². The fourth-order valence-corrected chi connectivity index (χ4v) is 3.05. The molecule has 0 saturated carbocycles. The molecule has 0 spiro atoms. The van der Waals surface area contributed by atoms with Gasteiger partial charge in [-0.1, -0.05) is 42.5 Å². The van der Waals surface area contributed by atoms with E-state index in [1.807, 2.05) is 48.5 Å². The summed E-state index contributed by atoms with van der Waals surface area (Å²) in [4.78, 5) is 26.3. The SMILES string of the molecule is CN(C(=O)Cn1ncc(=O)c2ccccc21)c1ccc2ccccc2c1. The van der Waals surface area contributed by atoms with E-state index < -0.39 is 0 Å². The number of carbonyl (C=O) groups is 1. The fraction of sp³-hybridized carbons (Fsp3) is 0.0952. The molecule has 0 aliphatic heterocycles. The molecule has 0 radical (unpaired) electrons. The number of para-hydroxylation sites is 1. The standard InChI is InChI=1S/C21H17N3O2/c1-23(17-11-10-15-6-2-3-7-16(15)12-17)21(26)14-24-19-9-5-4-8-18(19)20(25)13-22-24/h2-13H,14H2,1H3. The topological polar surface area (TPSA) is 55.2 Å². The van der Waals surface area contributed by atoms with Crippen LogP contribution >= 0.6 is 0 Å². The van der Waals surface area contributed by atoms with E-state index in [2.05, 4.69) is 5.10 Å². The first-order chi connectivity index (χ1) is 12.6. The van der Waals surface area contributed by atoms with Gasteiger partial charge in [-0.2, -0.15) is 5.10 Å². The maximum Gasteiger partial charge on any atom is 0.248 e. The van der Waals surface area contributed by atoms with Crippen LogP contribution < -0.4 is 10.3 Å². The number of rotatable bonds is 3. The molecule has 1 heterocycles. The largest absolute Gasteiger partial charge is 0.314 e. The molecular weight excluding hydrogens is 326 g/mol. The highest BCUT2D eigenvalue weighted by Gasteiger charge is 2.14. The van der Waals surface area contributed by atoms with Crippen LogP contribution in [0.2, 0.25) is 0 Å². The number of nitrogens with zero attached hydrogens (tertiary/aromatic N) is 3. The molecule has 3 aromatic carbocycles. The van der Waals surface area contributed by atoms with E-state index in [9.17, 15) is 9.59 Å². The molecule has 0 bridgehead atoms. The Bertz CT molecular complexity index is 1180. The highest BCUT2D eigenvalue weighted by molar-refractivity contribution is 5.96. The number of benzene rings is 3. The Morgan fingerprint density at radius 3 is 2.58 bits per heavy atom. The number of amides is 1. The number of anilines is 1. The first-order valence-electron chi connectivity index (χ1n) is 8.34. The van der Waals surface area contributed by atoms with E-state index in [0.717, 1.165) is 16.5 Å². The van der Waals surface area contributed by atoms with Crippen molar-refractivity contribution in [3.63, 3.8) is 0 Å². The smallest absolute Gasteiger partial charge is 0.248 e. The lowest BCUT2D eigenvalue weighted by molar-refractivity contribution is -0.119. The number of likely N-dealkylation sites (N-methyl/N-ethyl adjacent to an activating group) is 1. The second-order valence-electron chi connectivity index (χ2n) is 6.17. The van der Waals surface area contributed by atoms with E-state index in [1.54, 1.807) is 34.8 Å². The second-order valence-corrected chi connectivity index (χ2v) is 6.17. The molecule has 5 heteroatoms. The monoisotopic (exact) mass is 343 g/mol. The number of hydrogen-bond donors (Lipinski definition) is 0. The molecule has 128 valence electrons. The zero-order chi connectivity index (χ0) is 18.1. The number of fused-ring (bicyclic) bond motifs is 2. The lowest BCUT2D eigenvalue weighted by atomic mass is 10.1. The molecule has 0 fully saturated rings. The Kier molecular flexibility index (Phi) is 3.97. The van der Waals surface area contributed by atoms with Gasteiger partial charge in [-0.15, -0.1) is 0 Å². The molecule has 26 heavy (non-hydrogen) atoms. The van der Waals surface area contributed by atoms with Gasteiger partial charge in [0.25, 0.3) is 0 Å². The Balaban J connectivity index is 1.65. The summed E-state index contributed by atoms with van der Waals surface area (Å²) in [6, 6.07) is 21.1.